The second kappa shape index (κ2) is 7.52. The Balaban J connectivity index is 2.77. The lowest BCUT2D eigenvalue weighted by Crippen LogP contribution is -2.50. The minimum atomic E-state index is -1.17. The molecule has 106 valence electrons. The Bertz CT molecular complexity index is 255. The largest absolute Gasteiger partial charge is 0.394 e. The number of rotatable bonds is 5. The number of unbranched alkanes of at least 4 members (excludes halogenated alkanes) is 1. The van der Waals surface area contributed by atoms with Crippen LogP contribution in [-0.2, 0) is 0 Å². The molecule has 1 fully saturated rings. The second-order valence-corrected chi connectivity index (χ2v) is 4.43. The summed E-state index contributed by atoms with van der Waals surface area (Å²) in [4.78, 5) is 4.25. The van der Waals surface area contributed by atoms with E-state index in [1.807, 2.05) is 0 Å². The number of aliphatic hydroxyl groups excluding tert-OH is 4. The van der Waals surface area contributed by atoms with Crippen molar-refractivity contribution < 1.29 is 20.4 Å². The van der Waals surface area contributed by atoms with Gasteiger partial charge >= 0.3 is 0 Å². The van der Waals surface area contributed by atoms with Gasteiger partial charge in [0, 0.05) is 6.54 Å². The van der Waals surface area contributed by atoms with Crippen LogP contribution >= 0.6 is 0 Å². The molecule has 0 amide bonds. The molecule has 1 aliphatic rings. The van der Waals surface area contributed by atoms with E-state index in [2.05, 4.69) is 22.5 Å². The van der Waals surface area contributed by atoms with Gasteiger partial charge in [0.1, 0.15) is 12.2 Å². The van der Waals surface area contributed by atoms with E-state index in [-0.39, 0.29) is 13.2 Å². The van der Waals surface area contributed by atoms with Crippen LogP contribution in [0.1, 0.15) is 19.8 Å². The molecule has 0 unspecified atom stereocenters. The number of aliphatic imine (C=N–C) groups is 1. The molecule has 0 radical (unpaired) electrons. The third-order valence-electron chi connectivity index (χ3n) is 2.99. The van der Waals surface area contributed by atoms with Crippen molar-refractivity contribution in [1.29, 1.82) is 0 Å². The molecule has 0 aromatic carbocycles. The van der Waals surface area contributed by atoms with Crippen LogP contribution in [0.4, 0.5) is 0 Å². The first-order valence-corrected chi connectivity index (χ1v) is 6.29. The Labute approximate surface area is 107 Å². The summed E-state index contributed by atoms with van der Waals surface area (Å²) in [5.74, 6) is 0.386. The summed E-state index contributed by atoms with van der Waals surface area (Å²) in [5, 5.41) is 43.7. The van der Waals surface area contributed by atoms with Crippen molar-refractivity contribution in [3.05, 3.63) is 0 Å². The minimum absolute atomic E-state index is 0.329. The molecule has 4 atom stereocenters. The summed E-state index contributed by atoms with van der Waals surface area (Å²) < 4.78 is 0. The summed E-state index contributed by atoms with van der Waals surface area (Å²) in [5.41, 5.74) is 0. The fraction of sp³-hybridized carbons (Fsp3) is 0.909. The highest BCUT2D eigenvalue weighted by molar-refractivity contribution is 5.81. The van der Waals surface area contributed by atoms with Crippen LogP contribution in [0.3, 0.4) is 0 Å². The van der Waals surface area contributed by atoms with E-state index in [9.17, 15) is 20.4 Å². The molecule has 1 rings (SSSR count). The van der Waals surface area contributed by atoms with Gasteiger partial charge in [-0.2, -0.15) is 0 Å². The van der Waals surface area contributed by atoms with Gasteiger partial charge in [0.15, 0.2) is 5.96 Å². The molecule has 0 aromatic rings. The zero-order chi connectivity index (χ0) is 13.5. The van der Waals surface area contributed by atoms with Crippen molar-refractivity contribution in [3.8, 4) is 0 Å². The van der Waals surface area contributed by atoms with E-state index >= 15 is 0 Å². The van der Waals surface area contributed by atoms with Gasteiger partial charge in [0.2, 0.25) is 0 Å². The van der Waals surface area contributed by atoms with Gasteiger partial charge in [-0.25, -0.2) is 0 Å². The topological polar surface area (TPSA) is 117 Å². The molecule has 0 aliphatic carbocycles. The molecule has 1 heterocycles. The van der Waals surface area contributed by atoms with Gasteiger partial charge in [-0.15, -0.1) is 0 Å². The molecule has 18 heavy (non-hydrogen) atoms. The van der Waals surface area contributed by atoms with Crippen LogP contribution in [0.2, 0.25) is 0 Å². The van der Waals surface area contributed by atoms with E-state index in [0.717, 1.165) is 12.8 Å². The number of aliphatic hydroxyl groups is 4. The second-order valence-electron chi connectivity index (χ2n) is 4.43. The zero-order valence-corrected chi connectivity index (χ0v) is 10.6. The first-order valence-electron chi connectivity index (χ1n) is 6.29. The van der Waals surface area contributed by atoms with Crippen LogP contribution in [-0.4, -0.2) is 70.4 Å². The number of hydrogen-bond donors (Lipinski definition) is 6. The highest BCUT2D eigenvalue weighted by atomic mass is 16.3. The molecule has 0 spiro atoms. The maximum absolute atomic E-state index is 9.83. The van der Waals surface area contributed by atoms with Crippen molar-refractivity contribution >= 4 is 5.96 Å². The zero-order valence-electron chi connectivity index (χ0n) is 10.6. The highest BCUT2D eigenvalue weighted by Crippen LogP contribution is 2.08. The minimum Gasteiger partial charge on any atom is -0.394 e. The first-order chi connectivity index (χ1) is 8.63. The molecule has 1 aliphatic heterocycles. The fourth-order valence-corrected chi connectivity index (χ4v) is 1.79. The maximum atomic E-state index is 9.83. The molecule has 0 saturated carbocycles. The summed E-state index contributed by atoms with van der Waals surface area (Å²) in [6.45, 7) is 2.00. The van der Waals surface area contributed by atoms with Crippen LogP contribution < -0.4 is 10.6 Å². The lowest BCUT2D eigenvalue weighted by Gasteiger charge is -2.24. The Kier molecular flexibility index (Phi) is 6.34. The van der Waals surface area contributed by atoms with Crippen LogP contribution in [0.15, 0.2) is 4.99 Å². The number of nitrogens with zero attached hydrogens (tertiary/aromatic N) is 1. The predicted octanol–water partition coefficient (Wildman–Crippen LogP) is -2.22. The first kappa shape index (κ1) is 15.2. The Hall–Kier alpha value is -0.890. The van der Waals surface area contributed by atoms with Crippen LogP contribution in [0, 0.1) is 0 Å². The van der Waals surface area contributed by atoms with Crippen molar-refractivity contribution in [2.24, 2.45) is 4.99 Å². The number of hydrogen-bond acceptors (Lipinski definition) is 5. The molecule has 7 heteroatoms. The molecular weight excluding hydrogens is 238 g/mol. The predicted molar refractivity (Wildman–Crippen MR) is 67.2 cm³/mol. The molecular formula is C11H23N3O4. The summed E-state index contributed by atoms with van der Waals surface area (Å²) in [6.07, 6.45) is -0.405. The summed E-state index contributed by atoms with van der Waals surface area (Å²) in [7, 11) is 0. The number of guanidine groups is 1. The summed E-state index contributed by atoms with van der Waals surface area (Å²) in [6, 6.07) is -1.41. The lowest BCUT2D eigenvalue weighted by atomic mass is 10.0. The van der Waals surface area contributed by atoms with E-state index in [1.54, 1.807) is 0 Å². The molecule has 7 nitrogen and oxygen atoms in total. The van der Waals surface area contributed by atoms with E-state index in [4.69, 9.17) is 0 Å². The molecule has 0 bridgehead atoms. The van der Waals surface area contributed by atoms with Crippen LogP contribution in [0.25, 0.3) is 0 Å². The third-order valence-corrected chi connectivity index (χ3v) is 2.99. The maximum Gasteiger partial charge on any atom is 0.192 e. The quantitative estimate of drug-likeness (QED) is 0.312. The van der Waals surface area contributed by atoms with Crippen LogP contribution in [0.5, 0.6) is 0 Å². The van der Waals surface area contributed by atoms with Gasteiger partial charge in [0.05, 0.1) is 25.3 Å². The Morgan fingerprint density at radius 1 is 1.06 bits per heavy atom. The summed E-state index contributed by atoms with van der Waals surface area (Å²) >= 11 is 0. The van der Waals surface area contributed by atoms with Crippen molar-refractivity contribution in [3.63, 3.8) is 0 Å². The fourth-order valence-electron chi connectivity index (χ4n) is 1.79. The van der Waals surface area contributed by atoms with Crippen molar-refractivity contribution in [2.45, 2.75) is 44.1 Å². The SMILES string of the molecule is CCCCN=C1N[C@@H](CO)[C@@H](O)[C@H](O)[C@H](CO)N1. The molecule has 1 saturated heterocycles. The average molecular weight is 261 g/mol. The van der Waals surface area contributed by atoms with E-state index in [1.165, 1.54) is 0 Å². The number of nitrogens with one attached hydrogen (secondary N) is 2. The van der Waals surface area contributed by atoms with Gasteiger partial charge < -0.3 is 31.1 Å². The Morgan fingerprint density at radius 3 is 1.94 bits per heavy atom. The monoisotopic (exact) mass is 261 g/mol. The molecule has 6 N–H and O–H groups in total. The Morgan fingerprint density at radius 2 is 1.56 bits per heavy atom. The lowest BCUT2D eigenvalue weighted by molar-refractivity contribution is -0.0302. The van der Waals surface area contributed by atoms with Crippen molar-refractivity contribution in [1.82, 2.24) is 10.6 Å². The third kappa shape index (κ3) is 3.81. The van der Waals surface area contributed by atoms with Gasteiger partial charge in [-0.3, -0.25) is 4.99 Å². The standard InChI is InChI=1S/C11H23N3O4/c1-2-3-4-12-11-13-7(5-15)9(17)10(18)8(6-16)14-11/h7-10,15-18H,2-6H2,1H3,(H2,12,13,14)/t7-,8-,9+,10+/m0/s1. The smallest absolute Gasteiger partial charge is 0.192 e. The highest BCUT2D eigenvalue weighted by Gasteiger charge is 2.36. The van der Waals surface area contributed by atoms with Crippen molar-refractivity contribution in [2.75, 3.05) is 19.8 Å². The van der Waals surface area contributed by atoms with Gasteiger partial charge in [-0.05, 0) is 6.42 Å². The normalized spacial score (nSPS) is 32.4. The van der Waals surface area contributed by atoms with Gasteiger partial charge in [0.25, 0.3) is 0 Å². The van der Waals surface area contributed by atoms with E-state index in [0.29, 0.717) is 12.5 Å². The molecule has 0 aromatic heterocycles. The average Bonchev–Trinajstić information content (AvgIpc) is 2.50. The van der Waals surface area contributed by atoms with E-state index < -0.39 is 24.3 Å². The van der Waals surface area contributed by atoms with Gasteiger partial charge in [-0.1, -0.05) is 13.3 Å².